The molecule has 0 radical (unpaired) electrons. The number of methoxy groups -OCH3 is 2. The second kappa shape index (κ2) is 13.5. The fraction of sp³-hybridized carbons (Fsp3) is 0.241. The van der Waals surface area contributed by atoms with E-state index < -0.39 is 4.92 Å². The van der Waals surface area contributed by atoms with Gasteiger partial charge < -0.3 is 24.7 Å². The Morgan fingerprint density at radius 1 is 0.950 bits per heavy atom. The van der Waals surface area contributed by atoms with E-state index in [-0.39, 0.29) is 23.3 Å². The summed E-state index contributed by atoms with van der Waals surface area (Å²) in [6.45, 7) is 1.40. The molecule has 4 aromatic rings. The van der Waals surface area contributed by atoms with Crippen molar-refractivity contribution in [1.82, 2.24) is 15.2 Å². The maximum absolute atomic E-state index is 12.5. The molecule has 1 heterocycles. The highest BCUT2D eigenvalue weighted by Gasteiger charge is 2.13. The van der Waals surface area contributed by atoms with Crippen molar-refractivity contribution in [3.05, 3.63) is 94.2 Å². The zero-order chi connectivity index (χ0) is 28.5. The fourth-order valence-electron chi connectivity index (χ4n) is 4.22. The number of ether oxygens (including phenoxy) is 2. The molecule has 3 aromatic carbocycles. The van der Waals surface area contributed by atoms with E-state index in [0.29, 0.717) is 43.1 Å². The molecule has 4 rings (SSSR count). The van der Waals surface area contributed by atoms with Crippen LogP contribution in [0.2, 0.25) is 0 Å². The Morgan fingerprint density at radius 2 is 1.70 bits per heavy atom. The van der Waals surface area contributed by atoms with Crippen molar-refractivity contribution in [3.8, 4) is 11.5 Å². The van der Waals surface area contributed by atoms with Crippen molar-refractivity contribution in [3.63, 3.8) is 0 Å². The second-order valence-electron chi connectivity index (χ2n) is 8.84. The molecule has 1 aromatic heterocycles. The fourth-order valence-corrected chi connectivity index (χ4v) is 5.13. The standard InChI is InChI=1S/C29H30N4O6S/c1-38-25-12-7-20(17-26(25)39-2)13-14-30-28(34)19-40-27-18-32(24-6-4-3-5-23(24)27)16-15-31-29(35)21-8-10-22(11-9-21)33(36)37/h3-12,17-18H,13-16,19H2,1-2H3,(H,30,34)(H,31,35). The van der Waals surface area contributed by atoms with E-state index in [2.05, 4.69) is 10.6 Å². The topological polar surface area (TPSA) is 125 Å². The van der Waals surface area contributed by atoms with Gasteiger partial charge in [0.25, 0.3) is 11.6 Å². The van der Waals surface area contributed by atoms with E-state index in [4.69, 9.17) is 9.47 Å². The smallest absolute Gasteiger partial charge is 0.269 e. The molecule has 0 spiro atoms. The van der Waals surface area contributed by atoms with Crippen molar-refractivity contribution < 1.29 is 24.0 Å². The summed E-state index contributed by atoms with van der Waals surface area (Å²) < 4.78 is 12.6. The van der Waals surface area contributed by atoms with Gasteiger partial charge in [-0.3, -0.25) is 19.7 Å². The molecule has 2 amide bonds. The molecule has 208 valence electrons. The molecular weight excluding hydrogens is 532 g/mol. The number of carbonyl (C=O) groups excluding carboxylic acids is 2. The number of nitrogens with zero attached hydrogens (tertiary/aromatic N) is 2. The lowest BCUT2D eigenvalue weighted by molar-refractivity contribution is -0.384. The van der Waals surface area contributed by atoms with Crippen molar-refractivity contribution in [2.75, 3.05) is 33.1 Å². The highest BCUT2D eigenvalue weighted by Crippen LogP contribution is 2.30. The van der Waals surface area contributed by atoms with E-state index >= 15 is 0 Å². The Labute approximate surface area is 235 Å². The number of amides is 2. The number of benzene rings is 3. The lowest BCUT2D eigenvalue weighted by atomic mass is 10.1. The monoisotopic (exact) mass is 562 g/mol. The van der Waals surface area contributed by atoms with Crippen LogP contribution >= 0.6 is 11.8 Å². The lowest BCUT2D eigenvalue weighted by Crippen LogP contribution is -2.27. The molecule has 10 nitrogen and oxygen atoms in total. The molecule has 0 bridgehead atoms. The number of aromatic nitrogens is 1. The number of fused-ring (bicyclic) bond motifs is 1. The molecule has 40 heavy (non-hydrogen) atoms. The Kier molecular flexibility index (Phi) is 9.63. The van der Waals surface area contributed by atoms with Gasteiger partial charge in [-0.2, -0.15) is 0 Å². The number of carbonyl (C=O) groups is 2. The number of para-hydroxylation sites is 1. The summed E-state index contributed by atoms with van der Waals surface area (Å²) in [5.41, 5.74) is 2.33. The molecule has 0 unspecified atom stereocenters. The van der Waals surface area contributed by atoms with Crippen LogP contribution in [0.3, 0.4) is 0 Å². The van der Waals surface area contributed by atoms with Crippen LogP contribution in [0.4, 0.5) is 5.69 Å². The molecule has 0 aliphatic heterocycles. The number of non-ortho nitro benzene ring substituents is 1. The molecule has 0 atom stereocenters. The van der Waals surface area contributed by atoms with Crippen LogP contribution in [0, 0.1) is 10.1 Å². The molecule has 11 heteroatoms. The Bertz CT molecular complexity index is 1500. The van der Waals surface area contributed by atoms with E-state index in [1.54, 1.807) is 14.2 Å². The Morgan fingerprint density at radius 3 is 2.42 bits per heavy atom. The minimum Gasteiger partial charge on any atom is -0.493 e. The van der Waals surface area contributed by atoms with E-state index in [1.165, 1.54) is 36.0 Å². The van der Waals surface area contributed by atoms with Crippen molar-refractivity contribution >= 4 is 40.2 Å². The number of hydrogen-bond donors (Lipinski definition) is 2. The second-order valence-corrected chi connectivity index (χ2v) is 9.86. The number of nitro benzene ring substituents is 1. The van der Waals surface area contributed by atoms with Gasteiger partial charge in [0.05, 0.1) is 24.9 Å². The van der Waals surface area contributed by atoms with Gasteiger partial charge in [-0.15, -0.1) is 11.8 Å². The van der Waals surface area contributed by atoms with Gasteiger partial charge in [0.1, 0.15) is 0 Å². The summed E-state index contributed by atoms with van der Waals surface area (Å²) in [4.78, 5) is 36.3. The highest BCUT2D eigenvalue weighted by molar-refractivity contribution is 8.00. The predicted molar refractivity (Wildman–Crippen MR) is 154 cm³/mol. The third kappa shape index (κ3) is 7.11. The molecule has 0 saturated carbocycles. The maximum Gasteiger partial charge on any atom is 0.269 e. The van der Waals surface area contributed by atoms with Crippen LogP contribution in [0.15, 0.2) is 77.8 Å². The number of thioether (sulfide) groups is 1. The molecular formula is C29H30N4O6S. The van der Waals surface area contributed by atoms with Crippen LogP contribution in [0.5, 0.6) is 11.5 Å². The molecule has 0 fully saturated rings. The Balaban J connectivity index is 1.29. The highest BCUT2D eigenvalue weighted by atomic mass is 32.2. The van der Waals surface area contributed by atoms with Crippen LogP contribution < -0.4 is 20.1 Å². The van der Waals surface area contributed by atoms with Crippen LogP contribution in [-0.4, -0.2) is 54.4 Å². The van der Waals surface area contributed by atoms with Crippen LogP contribution in [0.1, 0.15) is 15.9 Å². The summed E-state index contributed by atoms with van der Waals surface area (Å²) >= 11 is 1.46. The normalized spacial score (nSPS) is 10.8. The average Bonchev–Trinajstić information content (AvgIpc) is 3.33. The SMILES string of the molecule is COc1ccc(CCNC(=O)CSc2cn(CCNC(=O)c3ccc([N+](=O)[O-])cc3)c3ccccc23)cc1OC. The zero-order valence-electron chi connectivity index (χ0n) is 22.2. The molecule has 0 aliphatic rings. The molecule has 0 saturated heterocycles. The maximum atomic E-state index is 12.5. The summed E-state index contributed by atoms with van der Waals surface area (Å²) in [6.07, 6.45) is 2.66. The predicted octanol–water partition coefficient (Wildman–Crippen LogP) is 4.45. The first-order valence-electron chi connectivity index (χ1n) is 12.6. The Hall–Kier alpha value is -4.51. The average molecular weight is 563 g/mol. The summed E-state index contributed by atoms with van der Waals surface area (Å²) in [5, 5.41) is 17.7. The first-order chi connectivity index (χ1) is 19.4. The van der Waals surface area contributed by atoms with E-state index in [9.17, 15) is 19.7 Å². The van der Waals surface area contributed by atoms with Gasteiger partial charge in [-0.05, 0) is 42.3 Å². The first-order valence-corrected chi connectivity index (χ1v) is 13.6. The van der Waals surface area contributed by atoms with E-state index in [1.807, 2.05) is 53.2 Å². The first kappa shape index (κ1) is 28.5. The molecule has 2 N–H and O–H groups in total. The van der Waals surface area contributed by atoms with Crippen molar-refractivity contribution in [2.45, 2.75) is 17.9 Å². The van der Waals surface area contributed by atoms with Crippen LogP contribution in [0.25, 0.3) is 10.9 Å². The number of nitrogens with one attached hydrogen (secondary N) is 2. The van der Waals surface area contributed by atoms with Gasteiger partial charge in [-0.1, -0.05) is 24.3 Å². The van der Waals surface area contributed by atoms with Gasteiger partial charge in [-0.25, -0.2) is 0 Å². The third-order valence-electron chi connectivity index (χ3n) is 6.27. The number of nitro groups is 1. The third-order valence-corrected chi connectivity index (χ3v) is 7.32. The van der Waals surface area contributed by atoms with Gasteiger partial charge >= 0.3 is 0 Å². The minimum absolute atomic E-state index is 0.0577. The number of hydrogen-bond acceptors (Lipinski definition) is 7. The summed E-state index contributed by atoms with van der Waals surface area (Å²) in [5.74, 6) is 1.24. The van der Waals surface area contributed by atoms with Crippen molar-refractivity contribution in [2.24, 2.45) is 0 Å². The van der Waals surface area contributed by atoms with E-state index in [0.717, 1.165) is 21.4 Å². The van der Waals surface area contributed by atoms with Gasteiger partial charge in [0, 0.05) is 59.3 Å². The summed E-state index contributed by atoms with van der Waals surface area (Å²) in [6, 6.07) is 19.1. The van der Waals surface area contributed by atoms with Crippen molar-refractivity contribution in [1.29, 1.82) is 0 Å². The van der Waals surface area contributed by atoms with Crippen LogP contribution in [-0.2, 0) is 17.8 Å². The van der Waals surface area contributed by atoms with Gasteiger partial charge in [0.15, 0.2) is 11.5 Å². The summed E-state index contributed by atoms with van der Waals surface area (Å²) in [7, 11) is 3.19. The lowest BCUT2D eigenvalue weighted by Gasteiger charge is -2.10. The quantitative estimate of drug-likeness (QED) is 0.140. The largest absolute Gasteiger partial charge is 0.493 e. The number of rotatable bonds is 13. The van der Waals surface area contributed by atoms with Gasteiger partial charge in [0.2, 0.25) is 5.91 Å². The zero-order valence-corrected chi connectivity index (χ0v) is 23.0. The molecule has 0 aliphatic carbocycles. The minimum atomic E-state index is -0.502.